The minimum Gasteiger partial charge on any atom is -0.281 e. The average molecular weight is 217 g/mol. The summed E-state index contributed by atoms with van der Waals surface area (Å²) in [5.41, 5.74) is 0. The maximum Gasteiger partial charge on any atom is 0.221 e. The fourth-order valence-corrected chi connectivity index (χ4v) is 1.47. The second-order valence-electron chi connectivity index (χ2n) is 3.54. The van der Waals surface area contributed by atoms with Gasteiger partial charge < -0.3 is 0 Å². The van der Waals surface area contributed by atoms with Gasteiger partial charge in [-0.15, -0.1) is 0 Å². The lowest BCUT2D eigenvalue weighted by Crippen LogP contribution is -1.86. The maximum absolute atomic E-state index is 10.4. The van der Waals surface area contributed by atoms with Gasteiger partial charge in [0.25, 0.3) is 0 Å². The van der Waals surface area contributed by atoms with Crippen molar-refractivity contribution in [2.75, 3.05) is 0 Å². The van der Waals surface area contributed by atoms with Gasteiger partial charge in [0.1, 0.15) is 0 Å². The Labute approximate surface area is 92.5 Å². The van der Waals surface area contributed by atoms with Crippen LogP contribution >= 0.6 is 11.6 Å². The predicted molar refractivity (Wildman–Crippen MR) is 62.6 cm³/mol. The van der Waals surface area contributed by atoms with Crippen molar-refractivity contribution in [1.82, 2.24) is 0 Å². The fourth-order valence-electron chi connectivity index (χ4n) is 1.34. The van der Waals surface area contributed by atoms with Gasteiger partial charge in [-0.05, 0) is 37.3 Å². The summed E-state index contributed by atoms with van der Waals surface area (Å²) in [6.07, 6.45) is 13.2. The van der Waals surface area contributed by atoms with E-state index in [-0.39, 0.29) is 5.24 Å². The van der Waals surface area contributed by atoms with Gasteiger partial charge in [-0.3, -0.25) is 4.79 Å². The number of hydrogen-bond donors (Lipinski definition) is 0. The van der Waals surface area contributed by atoms with Crippen LogP contribution in [0, 0.1) is 0 Å². The summed E-state index contributed by atoms with van der Waals surface area (Å²) in [7, 11) is 0. The first-order chi connectivity index (χ1) is 6.77. The molecule has 0 radical (unpaired) electrons. The summed E-state index contributed by atoms with van der Waals surface area (Å²) in [4.78, 5) is 10.4. The van der Waals surface area contributed by atoms with Crippen LogP contribution in [0.1, 0.15) is 58.3 Å². The minimum atomic E-state index is -0.198. The summed E-state index contributed by atoms with van der Waals surface area (Å²) in [6.45, 7) is 2.15. The monoisotopic (exact) mass is 216 g/mol. The van der Waals surface area contributed by atoms with Crippen LogP contribution in [0.5, 0.6) is 0 Å². The van der Waals surface area contributed by atoms with Crippen molar-refractivity contribution in [3.63, 3.8) is 0 Å². The summed E-state index contributed by atoms with van der Waals surface area (Å²) in [5, 5.41) is -0.198. The molecule has 0 fully saturated rings. The van der Waals surface area contributed by atoms with Gasteiger partial charge in [-0.1, -0.05) is 38.3 Å². The topological polar surface area (TPSA) is 17.1 Å². The van der Waals surface area contributed by atoms with Gasteiger partial charge in [0, 0.05) is 6.42 Å². The van der Waals surface area contributed by atoms with E-state index in [4.69, 9.17) is 11.6 Å². The second kappa shape index (κ2) is 10.8. The first-order valence-corrected chi connectivity index (χ1v) is 5.98. The molecule has 0 saturated carbocycles. The highest BCUT2D eigenvalue weighted by Gasteiger charge is 1.95. The molecule has 0 aliphatic rings. The highest BCUT2D eigenvalue weighted by Crippen LogP contribution is 2.08. The summed E-state index contributed by atoms with van der Waals surface area (Å²) in [6, 6.07) is 0. The van der Waals surface area contributed by atoms with Crippen LogP contribution in [0.25, 0.3) is 0 Å². The number of allylic oxidation sites excluding steroid dienone is 2. The van der Waals surface area contributed by atoms with E-state index in [0.717, 1.165) is 19.3 Å². The Morgan fingerprint density at radius 2 is 1.71 bits per heavy atom. The van der Waals surface area contributed by atoms with E-state index in [1.807, 2.05) is 0 Å². The van der Waals surface area contributed by atoms with Gasteiger partial charge in [-0.2, -0.15) is 0 Å². The zero-order chi connectivity index (χ0) is 10.6. The molecule has 0 amide bonds. The van der Waals surface area contributed by atoms with Gasteiger partial charge >= 0.3 is 0 Å². The van der Waals surface area contributed by atoms with E-state index >= 15 is 0 Å². The number of carbonyl (C=O) groups excluding carboxylic acids is 1. The van der Waals surface area contributed by atoms with Crippen LogP contribution in [0.2, 0.25) is 0 Å². The average Bonchev–Trinajstić information content (AvgIpc) is 2.15. The molecular formula is C12H21ClO. The standard InChI is InChI=1S/C12H21ClO/c1-2-3-4-5-6-7-8-9-10-11-12(13)14/h3-4H,2,5-11H2,1H3. The smallest absolute Gasteiger partial charge is 0.221 e. The molecule has 0 aliphatic heterocycles. The second-order valence-corrected chi connectivity index (χ2v) is 3.96. The Hall–Kier alpha value is -0.300. The van der Waals surface area contributed by atoms with Crippen molar-refractivity contribution < 1.29 is 4.79 Å². The molecule has 0 heterocycles. The van der Waals surface area contributed by atoms with Gasteiger partial charge in [0.05, 0.1) is 0 Å². The Morgan fingerprint density at radius 3 is 2.36 bits per heavy atom. The van der Waals surface area contributed by atoms with Crippen molar-refractivity contribution >= 4 is 16.8 Å². The molecule has 2 heteroatoms. The Balaban J connectivity index is 2.99. The minimum absolute atomic E-state index is 0.198. The molecule has 0 aromatic heterocycles. The fraction of sp³-hybridized carbons (Fsp3) is 0.750. The van der Waals surface area contributed by atoms with Gasteiger partial charge in [-0.25, -0.2) is 0 Å². The third-order valence-corrected chi connectivity index (χ3v) is 2.34. The lowest BCUT2D eigenvalue weighted by Gasteiger charge is -1.97. The molecular weight excluding hydrogens is 196 g/mol. The zero-order valence-electron chi connectivity index (χ0n) is 9.10. The number of halogens is 1. The third kappa shape index (κ3) is 11.7. The van der Waals surface area contributed by atoms with E-state index < -0.39 is 0 Å². The molecule has 0 aromatic carbocycles. The Morgan fingerprint density at radius 1 is 1.07 bits per heavy atom. The number of rotatable bonds is 9. The molecule has 0 aromatic rings. The first kappa shape index (κ1) is 13.7. The largest absolute Gasteiger partial charge is 0.281 e. The number of carbonyl (C=O) groups is 1. The normalized spacial score (nSPS) is 11.0. The molecule has 0 unspecified atom stereocenters. The molecule has 14 heavy (non-hydrogen) atoms. The van der Waals surface area contributed by atoms with Gasteiger partial charge in [0.2, 0.25) is 5.24 Å². The van der Waals surface area contributed by atoms with Gasteiger partial charge in [0.15, 0.2) is 0 Å². The molecule has 82 valence electrons. The summed E-state index contributed by atoms with van der Waals surface area (Å²) < 4.78 is 0. The van der Waals surface area contributed by atoms with Crippen LogP contribution in [0.15, 0.2) is 12.2 Å². The highest BCUT2D eigenvalue weighted by molar-refractivity contribution is 6.63. The molecule has 0 N–H and O–H groups in total. The van der Waals surface area contributed by atoms with E-state index in [9.17, 15) is 4.79 Å². The lowest BCUT2D eigenvalue weighted by molar-refractivity contribution is -0.111. The molecule has 1 nitrogen and oxygen atoms in total. The Kier molecular flexibility index (Phi) is 10.5. The van der Waals surface area contributed by atoms with Crippen molar-refractivity contribution in [2.24, 2.45) is 0 Å². The predicted octanol–water partition coefficient (Wildman–Crippen LogP) is 4.45. The molecule has 0 rings (SSSR count). The lowest BCUT2D eigenvalue weighted by atomic mass is 10.1. The molecule has 0 saturated heterocycles. The Bertz CT molecular complexity index is 164. The van der Waals surface area contributed by atoms with Crippen LogP contribution < -0.4 is 0 Å². The van der Waals surface area contributed by atoms with Crippen molar-refractivity contribution in [1.29, 1.82) is 0 Å². The number of unbranched alkanes of at least 4 members (excludes halogenated alkanes) is 5. The third-order valence-electron chi connectivity index (χ3n) is 2.15. The summed E-state index contributed by atoms with van der Waals surface area (Å²) in [5.74, 6) is 0. The molecule has 0 spiro atoms. The number of hydrogen-bond acceptors (Lipinski definition) is 1. The molecule has 0 atom stereocenters. The quantitative estimate of drug-likeness (QED) is 0.316. The van der Waals surface area contributed by atoms with Crippen LogP contribution in [0.4, 0.5) is 0 Å². The van der Waals surface area contributed by atoms with Crippen LogP contribution in [-0.4, -0.2) is 5.24 Å². The molecule has 0 aliphatic carbocycles. The van der Waals surface area contributed by atoms with Crippen molar-refractivity contribution in [2.45, 2.75) is 58.3 Å². The van der Waals surface area contributed by atoms with E-state index in [1.165, 1.54) is 25.7 Å². The zero-order valence-corrected chi connectivity index (χ0v) is 9.85. The molecule has 0 bridgehead atoms. The van der Waals surface area contributed by atoms with Crippen molar-refractivity contribution in [3.05, 3.63) is 12.2 Å². The van der Waals surface area contributed by atoms with Crippen LogP contribution in [-0.2, 0) is 4.79 Å². The van der Waals surface area contributed by atoms with Crippen molar-refractivity contribution in [3.8, 4) is 0 Å². The summed E-state index contributed by atoms with van der Waals surface area (Å²) >= 11 is 5.23. The first-order valence-electron chi connectivity index (χ1n) is 5.60. The highest BCUT2D eigenvalue weighted by atomic mass is 35.5. The maximum atomic E-state index is 10.4. The van der Waals surface area contributed by atoms with E-state index in [1.54, 1.807) is 0 Å². The van der Waals surface area contributed by atoms with E-state index in [0.29, 0.717) is 6.42 Å². The SMILES string of the molecule is CCC=CCCCCCCCC(=O)Cl. The van der Waals surface area contributed by atoms with E-state index in [2.05, 4.69) is 19.1 Å². The van der Waals surface area contributed by atoms with Crippen LogP contribution in [0.3, 0.4) is 0 Å².